The molecule has 0 spiro atoms. The molecule has 0 unspecified atom stereocenters. The lowest BCUT2D eigenvalue weighted by molar-refractivity contribution is -0.117. The summed E-state index contributed by atoms with van der Waals surface area (Å²) in [6.45, 7) is 1.69. The third-order valence-electron chi connectivity index (χ3n) is 3.47. The predicted molar refractivity (Wildman–Crippen MR) is 68.3 cm³/mol. The summed E-state index contributed by atoms with van der Waals surface area (Å²) in [5, 5.41) is 2.86. The van der Waals surface area contributed by atoms with Gasteiger partial charge in [0.1, 0.15) is 0 Å². The van der Waals surface area contributed by atoms with Crippen LogP contribution >= 0.6 is 0 Å². The average molecular weight is 244 g/mol. The highest BCUT2D eigenvalue weighted by Gasteiger charge is 2.29. The van der Waals surface area contributed by atoms with Crippen molar-refractivity contribution in [3.63, 3.8) is 0 Å². The summed E-state index contributed by atoms with van der Waals surface area (Å²) in [6.07, 6.45) is 3.06. The maximum absolute atomic E-state index is 12.0. The third kappa shape index (κ3) is 2.23. The Kier molecular flexibility index (Phi) is 2.78. The molecule has 2 aliphatic rings. The highest BCUT2D eigenvalue weighted by atomic mass is 16.2. The molecule has 1 saturated heterocycles. The number of rotatable bonds is 3. The number of anilines is 1. The Balaban J connectivity index is 1.71. The number of likely N-dealkylation sites (tertiary alicyclic amines) is 1. The lowest BCUT2D eigenvalue weighted by Crippen LogP contribution is -2.42. The van der Waals surface area contributed by atoms with Gasteiger partial charge in [0, 0.05) is 30.3 Å². The summed E-state index contributed by atoms with van der Waals surface area (Å²) in [4.78, 5) is 25.5. The fraction of sp³-hybridized carbons (Fsp3) is 0.429. The van der Waals surface area contributed by atoms with Crippen LogP contribution in [0.3, 0.4) is 0 Å². The summed E-state index contributed by atoms with van der Waals surface area (Å²) in [6, 6.07) is 7.21. The van der Waals surface area contributed by atoms with Crippen molar-refractivity contribution < 1.29 is 9.59 Å². The first-order valence-corrected chi connectivity index (χ1v) is 6.44. The minimum atomic E-state index is 0.0590. The zero-order valence-corrected chi connectivity index (χ0v) is 10.2. The molecule has 0 radical (unpaired) electrons. The third-order valence-corrected chi connectivity index (χ3v) is 3.47. The van der Waals surface area contributed by atoms with E-state index in [0.717, 1.165) is 38.0 Å². The van der Waals surface area contributed by atoms with Crippen LogP contribution < -0.4 is 5.32 Å². The van der Waals surface area contributed by atoms with Crippen LogP contribution in [0.5, 0.6) is 0 Å². The smallest absolute Gasteiger partial charge is 0.253 e. The number of nitrogens with zero attached hydrogens (tertiary/aromatic N) is 1. The Labute approximate surface area is 106 Å². The Morgan fingerprint density at radius 3 is 2.61 bits per heavy atom. The number of nitrogens with one attached hydrogen (secondary N) is 1. The molecule has 4 heteroatoms. The molecule has 1 aliphatic heterocycles. The Bertz CT molecular complexity index is 490. The lowest BCUT2D eigenvalue weighted by Gasteiger charge is -2.31. The van der Waals surface area contributed by atoms with Crippen molar-refractivity contribution in [2.75, 3.05) is 18.4 Å². The van der Waals surface area contributed by atoms with Gasteiger partial charge >= 0.3 is 0 Å². The van der Waals surface area contributed by atoms with E-state index in [1.54, 1.807) is 12.1 Å². The molecular formula is C14H16N2O2. The second-order valence-corrected chi connectivity index (χ2v) is 4.99. The van der Waals surface area contributed by atoms with Gasteiger partial charge in [-0.2, -0.15) is 0 Å². The van der Waals surface area contributed by atoms with Crippen molar-refractivity contribution in [2.45, 2.75) is 19.3 Å². The van der Waals surface area contributed by atoms with Crippen LogP contribution in [0.4, 0.5) is 5.69 Å². The maximum Gasteiger partial charge on any atom is 0.253 e. The molecule has 1 aliphatic carbocycles. The van der Waals surface area contributed by atoms with E-state index in [1.807, 2.05) is 17.0 Å². The molecule has 1 aromatic rings. The number of amides is 2. The van der Waals surface area contributed by atoms with Crippen molar-refractivity contribution in [1.82, 2.24) is 4.90 Å². The Morgan fingerprint density at radius 2 is 2.00 bits per heavy atom. The van der Waals surface area contributed by atoms with Gasteiger partial charge in [-0.15, -0.1) is 0 Å². The van der Waals surface area contributed by atoms with Crippen molar-refractivity contribution in [3.05, 3.63) is 29.8 Å². The van der Waals surface area contributed by atoms with Crippen molar-refractivity contribution in [1.29, 1.82) is 0 Å². The van der Waals surface area contributed by atoms with Crippen LogP contribution in [-0.4, -0.2) is 29.8 Å². The summed E-state index contributed by atoms with van der Waals surface area (Å²) < 4.78 is 0. The maximum atomic E-state index is 12.0. The van der Waals surface area contributed by atoms with Crippen LogP contribution in [0.25, 0.3) is 0 Å². The highest BCUT2D eigenvalue weighted by molar-refractivity contribution is 5.98. The molecule has 1 heterocycles. The standard InChI is InChI=1S/C14H16N2O2/c17-13(10-5-6-10)15-12-4-1-3-11(9-12)14(18)16-7-2-8-16/h1,3-4,9-10H,2,5-8H2,(H,15,17). The van der Waals surface area contributed by atoms with Crippen LogP contribution in [0.2, 0.25) is 0 Å². The van der Waals surface area contributed by atoms with Crippen LogP contribution in [-0.2, 0) is 4.79 Å². The number of hydrogen-bond donors (Lipinski definition) is 1. The molecule has 1 N–H and O–H groups in total. The highest BCUT2D eigenvalue weighted by Crippen LogP contribution is 2.30. The van der Waals surface area contributed by atoms with Crippen molar-refractivity contribution in [3.8, 4) is 0 Å². The van der Waals surface area contributed by atoms with Gasteiger partial charge in [-0.3, -0.25) is 9.59 Å². The molecule has 4 nitrogen and oxygen atoms in total. The monoisotopic (exact) mass is 244 g/mol. The molecule has 0 aromatic heterocycles. The fourth-order valence-corrected chi connectivity index (χ4v) is 2.02. The van der Waals surface area contributed by atoms with Gasteiger partial charge in [-0.05, 0) is 37.5 Å². The van der Waals surface area contributed by atoms with E-state index >= 15 is 0 Å². The molecule has 3 rings (SSSR count). The number of carbonyl (C=O) groups excluding carboxylic acids is 2. The summed E-state index contributed by atoms with van der Waals surface area (Å²) in [5.74, 6) is 0.312. The minimum absolute atomic E-state index is 0.0590. The van der Waals surface area contributed by atoms with Gasteiger partial charge in [0.2, 0.25) is 5.91 Å². The summed E-state index contributed by atoms with van der Waals surface area (Å²) in [5.41, 5.74) is 1.38. The van der Waals surface area contributed by atoms with E-state index < -0.39 is 0 Å². The van der Waals surface area contributed by atoms with Crippen molar-refractivity contribution in [2.24, 2.45) is 5.92 Å². The Hall–Kier alpha value is -1.84. The van der Waals surface area contributed by atoms with E-state index in [-0.39, 0.29) is 17.7 Å². The SMILES string of the molecule is O=C(Nc1cccc(C(=O)N2CCC2)c1)C1CC1. The average Bonchev–Trinajstić information content (AvgIpc) is 3.10. The fourth-order valence-electron chi connectivity index (χ4n) is 2.02. The zero-order valence-electron chi connectivity index (χ0n) is 10.2. The second kappa shape index (κ2) is 4.44. The summed E-state index contributed by atoms with van der Waals surface area (Å²) >= 11 is 0. The van der Waals surface area contributed by atoms with Gasteiger partial charge in [0.15, 0.2) is 0 Å². The van der Waals surface area contributed by atoms with Crippen molar-refractivity contribution >= 4 is 17.5 Å². The molecule has 0 bridgehead atoms. The zero-order chi connectivity index (χ0) is 12.5. The first-order valence-electron chi connectivity index (χ1n) is 6.44. The molecule has 1 saturated carbocycles. The molecule has 94 valence electrons. The summed E-state index contributed by atoms with van der Waals surface area (Å²) in [7, 11) is 0. The van der Waals surface area contributed by atoms with Crippen LogP contribution in [0, 0.1) is 5.92 Å². The predicted octanol–water partition coefficient (Wildman–Crippen LogP) is 1.88. The first kappa shape index (κ1) is 11.3. The largest absolute Gasteiger partial charge is 0.339 e. The number of hydrogen-bond acceptors (Lipinski definition) is 2. The molecule has 18 heavy (non-hydrogen) atoms. The van der Waals surface area contributed by atoms with E-state index in [9.17, 15) is 9.59 Å². The van der Waals surface area contributed by atoms with Gasteiger partial charge in [0.25, 0.3) is 5.91 Å². The van der Waals surface area contributed by atoms with E-state index in [1.165, 1.54) is 0 Å². The number of carbonyl (C=O) groups is 2. The molecule has 2 amide bonds. The van der Waals surface area contributed by atoms with Gasteiger partial charge < -0.3 is 10.2 Å². The van der Waals surface area contributed by atoms with Gasteiger partial charge in [-0.25, -0.2) is 0 Å². The van der Waals surface area contributed by atoms with Crippen LogP contribution in [0.1, 0.15) is 29.6 Å². The molecular weight excluding hydrogens is 228 g/mol. The second-order valence-electron chi connectivity index (χ2n) is 4.99. The van der Waals surface area contributed by atoms with E-state index in [2.05, 4.69) is 5.32 Å². The van der Waals surface area contributed by atoms with E-state index in [4.69, 9.17) is 0 Å². The lowest BCUT2D eigenvalue weighted by atomic mass is 10.1. The Morgan fingerprint density at radius 1 is 1.22 bits per heavy atom. The normalized spacial score (nSPS) is 18.1. The molecule has 0 atom stereocenters. The quantitative estimate of drug-likeness (QED) is 0.882. The topological polar surface area (TPSA) is 49.4 Å². The van der Waals surface area contributed by atoms with E-state index in [0.29, 0.717) is 5.56 Å². The minimum Gasteiger partial charge on any atom is -0.339 e. The molecule has 2 fully saturated rings. The number of benzene rings is 1. The van der Waals surface area contributed by atoms with Gasteiger partial charge in [0.05, 0.1) is 0 Å². The first-order chi connectivity index (χ1) is 8.74. The molecule has 1 aromatic carbocycles. The van der Waals surface area contributed by atoms with Gasteiger partial charge in [-0.1, -0.05) is 6.07 Å². The van der Waals surface area contributed by atoms with Crippen LogP contribution in [0.15, 0.2) is 24.3 Å².